The van der Waals surface area contributed by atoms with Crippen LogP contribution in [-0.2, 0) is 16.0 Å². The van der Waals surface area contributed by atoms with Gasteiger partial charge in [-0.3, -0.25) is 9.59 Å². The summed E-state index contributed by atoms with van der Waals surface area (Å²) in [4.78, 5) is 25.1. The largest absolute Gasteiger partial charge is 0.480 e. The minimum Gasteiger partial charge on any atom is -0.480 e. The zero-order chi connectivity index (χ0) is 13.5. The van der Waals surface area contributed by atoms with Gasteiger partial charge in [-0.15, -0.1) is 11.3 Å². The molecule has 18 heavy (non-hydrogen) atoms. The first-order valence-corrected chi connectivity index (χ1v) is 7.42. The second-order valence-corrected chi connectivity index (χ2v) is 5.85. The van der Waals surface area contributed by atoms with Crippen molar-refractivity contribution in [3.05, 3.63) is 20.8 Å². The number of rotatable bonds is 7. The highest BCUT2D eigenvalue weighted by Crippen LogP contribution is 2.21. The van der Waals surface area contributed by atoms with E-state index in [1.807, 2.05) is 18.4 Å². The van der Waals surface area contributed by atoms with Crippen LogP contribution in [0.25, 0.3) is 0 Å². The van der Waals surface area contributed by atoms with Crippen LogP contribution >= 0.6 is 27.3 Å². The zero-order valence-electron chi connectivity index (χ0n) is 10.2. The summed E-state index contributed by atoms with van der Waals surface area (Å²) in [6.45, 7) is 2.22. The number of carbonyl (C=O) groups is 2. The van der Waals surface area contributed by atoms with Gasteiger partial charge in [-0.2, -0.15) is 0 Å². The molecule has 1 N–H and O–H groups in total. The van der Waals surface area contributed by atoms with E-state index in [-0.39, 0.29) is 12.5 Å². The molecule has 0 aromatic carbocycles. The lowest BCUT2D eigenvalue weighted by Gasteiger charge is -2.19. The number of nitrogens with zero attached hydrogens (tertiary/aromatic N) is 1. The van der Waals surface area contributed by atoms with Crippen LogP contribution in [0.1, 0.15) is 24.6 Å². The van der Waals surface area contributed by atoms with Gasteiger partial charge in [0, 0.05) is 27.7 Å². The first-order valence-electron chi connectivity index (χ1n) is 5.75. The van der Waals surface area contributed by atoms with E-state index in [9.17, 15) is 9.59 Å². The van der Waals surface area contributed by atoms with Gasteiger partial charge in [0.15, 0.2) is 0 Å². The van der Waals surface area contributed by atoms with Crippen molar-refractivity contribution in [1.82, 2.24) is 4.90 Å². The highest BCUT2D eigenvalue weighted by Gasteiger charge is 2.15. The molecule has 100 valence electrons. The van der Waals surface area contributed by atoms with E-state index < -0.39 is 5.97 Å². The Morgan fingerprint density at radius 1 is 1.50 bits per heavy atom. The van der Waals surface area contributed by atoms with Gasteiger partial charge in [-0.05, 0) is 34.8 Å². The first kappa shape index (κ1) is 15.2. The lowest BCUT2D eigenvalue weighted by atomic mass is 10.2. The van der Waals surface area contributed by atoms with Crippen LogP contribution in [0.3, 0.4) is 0 Å². The van der Waals surface area contributed by atoms with Crippen LogP contribution < -0.4 is 0 Å². The number of carboxylic acid groups (broad SMARTS) is 1. The molecule has 1 aromatic heterocycles. The summed E-state index contributed by atoms with van der Waals surface area (Å²) < 4.78 is 1.02. The maximum absolute atomic E-state index is 11.9. The van der Waals surface area contributed by atoms with Crippen LogP contribution in [0.15, 0.2) is 15.9 Å². The number of amides is 1. The number of carboxylic acids is 1. The second-order valence-electron chi connectivity index (χ2n) is 3.94. The third-order valence-electron chi connectivity index (χ3n) is 2.38. The van der Waals surface area contributed by atoms with Gasteiger partial charge in [0.25, 0.3) is 0 Å². The van der Waals surface area contributed by atoms with Crippen LogP contribution in [0.4, 0.5) is 0 Å². The Morgan fingerprint density at radius 3 is 2.72 bits per heavy atom. The maximum atomic E-state index is 11.9. The molecule has 0 saturated heterocycles. The molecule has 1 aromatic rings. The molecule has 0 aliphatic rings. The quantitative estimate of drug-likeness (QED) is 0.834. The minimum atomic E-state index is -0.962. The Balaban J connectivity index is 2.48. The molecule has 0 unspecified atom stereocenters. The van der Waals surface area contributed by atoms with Gasteiger partial charge < -0.3 is 10.0 Å². The van der Waals surface area contributed by atoms with Crippen molar-refractivity contribution in [1.29, 1.82) is 0 Å². The van der Waals surface area contributed by atoms with Gasteiger partial charge >= 0.3 is 5.97 Å². The fourth-order valence-corrected chi connectivity index (χ4v) is 3.05. The van der Waals surface area contributed by atoms with Crippen molar-refractivity contribution >= 4 is 39.1 Å². The Bertz CT molecular complexity index is 419. The van der Waals surface area contributed by atoms with E-state index in [1.165, 1.54) is 4.90 Å². The van der Waals surface area contributed by atoms with Crippen molar-refractivity contribution < 1.29 is 14.7 Å². The molecule has 0 bridgehead atoms. The van der Waals surface area contributed by atoms with E-state index in [2.05, 4.69) is 15.9 Å². The van der Waals surface area contributed by atoms with Crippen LogP contribution in [0.5, 0.6) is 0 Å². The minimum absolute atomic E-state index is 0.0937. The predicted molar refractivity (Wildman–Crippen MR) is 74.8 cm³/mol. The van der Waals surface area contributed by atoms with E-state index >= 15 is 0 Å². The Kier molecular flexibility index (Phi) is 6.35. The fourth-order valence-electron chi connectivity index (χ4n) is 1.60. The first-order chi connectivity index (χ1) is 8.52. The average Bonchev–Trinajstić information content (AvgIpc) is 2.71. The van der Waals surface area contributed by atoms with E-state index in [4.69, 9.17) is 5.11 Å². The molecule has 0 aliphatic carbocycles. The average molecular weight is 334 g/mol. The standard InChI is InChI=1S/C12H16BrNO3S/c1-2-5-14(7-12(16)17)11(15)4-3-10-6-9(13)8-18-10/h6,8H,2-5,7H2,1H3,(H,16,17). The summed E-state index contributed by atoms with van der Waals surface area (Å²) in [6, 6.07) is 1.99. The summed E-state index contributed by atoms with van der Waals surface area (Å²) in [5.74, 6) is -1.06. The zero-order valence-corrected chi connectivity index (χ0v) is 12.6. The summed E-state index contributed by atoms with van der Waals surface area (Å²) in [6.07, 6.45) is 1.79. The smallest absolute Gasteiger partial charge is 0.323 e. The molecule has 0 saturated carbocycles. The molecule has 0 atom stereocenters. The Labute approximate surface area is 119 Å². The summed E-state index contributed by atoms with van der Waals surface area (Å²) in [5.41, 5.74) is 0. The Hall–Kier alpha value is -0.880. The normalized spacial score (nSPS) is 10.3. The van der Waals surface area contributed by atoms with Crippen LogP contribution in [0.2, 0.25) is 0 Å². The highest BCUT2D eigenvalue weighted by atomic mass is 79.9. The lowest BCUT2D eigenvalue weighted by Crippen LogP contribution is -2.36. The topological polar surface area (TPSA) is 57.6 Å². The number of thiophene rings is 1. The van der Waals surface area contributed by atoms with Crippen molar-refractivity contribution in [2.45, 2.75) is 26.2 Å². The van der Waals surface area contributed by atoms with Crippen LogP contribution in [0, 0.1) is 0 Å². The SMILES string of the molecule is CCCN(CC(=O)O)C(=O)CCc1cc(Br)cs1. The number of hydrogen-bond acceptors (Lipinski definition) is 3. The molecule has 1 rings (SSSR count). The van der Waals surface area contributed by atoms with E-state index in [1.54, 1.807) is 11.3 Å². The molecule has 1 amide bonds. The highest BCUT2D eigenvalue weighted by molar-refractivity contribution is 9.10. The summed E-state index contributed by atoms with van der Waals surface area (Å²) in [7, 11) is 0. The molecule has 6 heteroatoms. The second kappa shape index (κ2) is 7.53. The molecule has 0 aliphatic heterocycles. The molecule has 4 nitrogen and oxygen atoms in total. The maximum Gasteiger partial charge on any atom is 0.323 e. The molecular weight excluding hydrogens is 318 g/mol. The number of hydrogen-bond donors (Lipinski definition) is 1. The Morgan fingerprint density at radius 2 is 2.22 bits per heavy atom. The van der Waals surface area contributed by atoms with E-state index in [0.717, 1.165) is 15.8 Å². The monoisotopic (exact) mass is 333 g/mol. The number of aryl methyl sites for hydroxylation is 1. The molecule has 0 fully saturated rings. The number of carbonyl (C=O) groups excluding carboxylic acids is 1. The van der Waals surface area contributed by atoms with Gasteiger partial charge in [-0.25, -0.2) is 0 Å². The third kappa shape index (κ3) is 5.18. The molecular formula is C12H16BrNO3S. The lowest BCUT2D eigenvalue weighted by molar-refractivity contribution is -0.144. The van der Waals surface area contributed by atoms with Gasteiger partial charge in [0.2, 0.25) is 5.91 Å². The van der Waals surface area contributed by atoms with Gasteiger partial charge in [0.05, 0.1) is 0 Å². The molecule has 0 spiro atoms. The molecule has 0 radical (unpaired) electrons. The predicted octanol–water partition coefficient (Wildman–Crippen LogP) is 2.77. The number of halogens is 1. The fraction of sp³-hybridized carbons (Fsp3) is 0.500. The molecule has 1 heterocycles. The van der Waals surface area contributed by atoms with Crippen LogP contribution in [-0.4, -0.2) is 35.0 Å². The van der Waals surface area contributed by atoms with Crippen molar-refractivity contribution in [3.8, 4) is 0 Å². The van der Waals surface area contributed by atoms with Gasteiger partial charge in [-0.1, -0.05) is 6.92 Å². The summed E-state index contributed by atoms with van der Waals surface area (Å²) in [5, 5.41) is 10.7. The summed E-state index contributed by atoms with van der Waals surface area (Å²) >= 11 is 4.96. The van der Waals surface area contributed by atoms with Crippen molar-refractivity contribution in [2.24, 2.45) is 0 Å². The van der Waals surface area contributed by atoms with Crippen molar-refractivity contribution in [3.63, 3.8) is 0 Å². The van der Waals surface area contributed by atoms with Gasteiger partial charge in [0.1, 0.15) is 6.54 Å². The number of aliphatic carboxylic acids is 1. The third-order valence-corrected chi connectivity index (χ3v) is 4.14. The van der Waals surface area contributed by atoms with E-state index in [0.29, 0.717) is 19.4 Å². The van der Waals surface area contributed by atoms with Crippen molar-refractivity contribution in [2.75, 3.05) is 13.1 Å².